The first-order chi connectivity index (χ1) is 5.88. The van der Waals surface area contributed by atoms with Crippen LogP contribution >= 0.6 is 34.4 Å². The summed E-state index contributed by atoms with van der Waals surface area (Å²) in [6, 6.07) is 2.26. The second-order valence-corrected chi connectivity index (χ2v) is 4.18. The van der Waals surface area contributed by atoms with Crippen LogP contribution in [0.15, 0.2) is 17.2 Å². The number of pyridine rings is 1. The molecule has 7 heteroatoms. The SMILES string of the molecule is Fc1ccc(I)c(SC(F)(F)F)n1. The second-order valence-electron chi connectivity index (χ2n) is 1.97. The summed E-state index contributed by atoms with van der Waals surface area (Å²) in [6.07, 6.45) is 0. The lowest BCUT2D eigenvalue weighted by Crippen LogP contribution is -2.02. The monoisotopic (exact) mass is 323 g/mol. The van der Waals surface area contributed by atoms with E-state index in [1.165, 1.54) is 6.07 Å². The highest BCUT2D eigenvalue weighted by Gasteiger charge is 2.31. The molecule has 0 unspecified atom stereocenters. The predicted octanol–water partition coefficient (Wildman–Crippen LogP) is 3.44. The van der Waals surface area contributed by atoms with Crippen LogP contribution in [0, 0.1) is 9.52 Å². The number of alkyl halides is 3. The van der Waals surface area contributed by atoms with Gasteiger partial charge in [0.05, 0.1) is 0 Å². The van der Waals surface area contributed by atoms with Gasteiger partial charge in [-0.05, 0) is 34.7 Å². The molecule has 1 aromatic rings. The molecule has 0 bridgehead atoms. The number of rotatable bonds is 1. The van der Waals surface area contributed by atoms with E-state index in [9.17, 15) is 17.6 Å². The number of hydrogen-bond donors (Lipinski definition) is 0. The van der Waals surface area contributed by atoms with E-state index in [4.69, 9.17) is 0 Å². The fourth-order valence-corrected chi connectivity index (χ4v) is 1.73. The van der Waals surface area contributed by atoms with Crippen molar-refractivity contribution in [3.8, 4) is 0 Å². The maximum Gasteiger partial charge on any atom is 0.447 e. The van der Waals surface area contributed by atoms with E-state index in [2.05, 4.69) is 4.98 Å². The van der Waals surface area contributed by atoms with Gasteiger partial charge in [0, 0.05) is 15.3 Å². The van der Waals surface area contributed by atoms with Gasteiger partial charge in [0.25, 0.3) is 0 Å². The number of nitrogens with zero attached hydrogens (tertiary/aromatic N) is 1. The summed E-state index contributed by atoms with van der Waals surface area (Å²) >= 11 is 1.25. The normalized spacial score (nSPS) is 11.8. The van der Waals surface area contributed by atoms with Gasteiger partial charge in [0.15, 0.2) is 0 Å². The fraction of sp³-hybridized carbons (Fsp3) is 0.167. The smallest absolute Gasteiger partial charge is 0.212 e. The van der Waals surface area contributed by atoms with Crippen LogP contribution in [0.5, 0.6) is 0 Å². The number of aromatic nitrogens is 1. The van der Waals surface area contributed by atoms with E-state index >= 15 is 0 Å². The predicted molar refractivity (Wildman–Crippen MR) is 48.8 cm³/mol. The topological polar surface area (TPSA) is 12.9 Å². The highest BCUT2D eigenvalue weighted by atomic mass is 127. The zero-order valence-electron chi connectivity index (χ0n) is 5.90. The minimum Gasteiger partial charge on any atom is -0.212 e. The first kappa shape index (κ1) is 11.0. The molecular weight excluding hydrogens is 321 g/mol. The molecule has 0 atom stereocenters. The molecule has 0 amide bonds. The summed E-state index contributed by atoms with van der Waals surface area (Å²) in [6.45, 7) is 0. The molecule has 0 aromatic carbocycles. The molecule has 1 aromatic heterocycles. The molecule has 0 saturated heterocycles. The van der Waals surface area contributed by atoms with E-state index in [1.54, 1.807) is 22.6 Å². The van der Waals surface area contributed by atoms with Crippen LogP contribution in [0.4, 0.5) is 17.6 Å². The Morgan fingerprint density at radius 3 is 2.46 bits per heavy atom. The summed E-state index contributed by atoms with van der Waals surface area (Å²) in [7, 11) is 0. The molecule has 0 fully saturated rings. The molecule has 13 heavy (non-hydrogen) atoms. The van der Waals surface area contributed by atoms with Crippen LogP contribution in [-0.2, 0) is 0 Å². The highest BCUT2D eigenvalue weighted by molar-refractivity contribution is 14.1. The standard InChI is InChI=1S/C6H2F4INS/c7-4-2-1-3(11)5(12-4)13-6(8,9)10/h1-2H. The van der Waals surface area contributed by atoms with Gasteiger partial charge in [0.1, 0.15) is 5.03 Å². The van der Waals surface area contributed by atoms with E-state index in [-0.39, 0.29) is 8.60 Å². The van der Waals surface area contributed by atoms with E-state index in [0.717, 1.165) is 6.07 Å². The molecule has 72 valence electrons. The van der Waals surface area contributed by atoms with Crippen molar-refractivity contribution in [2.45, 2.75) is 10.5 Å². The Hall–Kier alpha value is -0.0500. The summed E-state index contributed by atoms with van der Waals surface area (Å²) < 4.78 is 48.3. The Morgan fingerprint density at radius 2 is 1.92 bits per heavy atom. The average molecular weight is 323 g/mol. The molecule has 1 rings (SSSR count). The first-order valence-corrected chi connectivity index (χ1v) is 4.86. The van der Waals surface area contributed by atoms with Crippen LogP contribution in [0.1, 0.15) is 0 Å². The Kier molecular flexibility index (Phi) is 3.38. The Bertz CT molecular complexity index is 314. The molecule has 0 saturated carbocycles. The van der Waals surface area contributed by atoms with Gasteiger partial charge in [0.2, 0.25) is 5.95 Å². The van der Waals surface area contributed by atoms with Gasteiger partial charge in [-0.1, -0.05) is 0 Å². The maximum absolute atomic E-state index is 12.4. The Morgan fingerprint density at radius 1 is 1.31 bits per heavy atom. The summed E-state index contributed by atoms with van der Waals surface area (Å²) in [5, 5.41) is -0.354. The lowest BCUT2D eigenvalue weighted by atomic mass is 10.5. The minimum absolute atomic E-state index is 0.279. The van der Waals surface area contributed by atoms with Crippen molar-refractivity contribution in [3.63, 3.8) is 0 Å². The fourth-order valence-electron chi connectivity index (χ4n) is 0.582. The molecule has 0 radical (unpaired) electrons. The minimum atomic E-state index is -4.43. The lowest BCUT2D eigenvalue weighted by molar-refractivity contribution is -0.0329. The molecule has 0 aliphatic rings. The van der Waals surface area contributed by atoms with Crippen LogP contribution in [0.2, 0.25) is 0 Å². The van der Waals surface area contributed by atoms with E-state index in [1.807, 2.05) is 0 Å². The third-order valence-corrected chi connectivity index (χ3v) is 2.96. The molecule has 0 aliphatic carbocycles. The van der Waals surface area contributed by atoms with Crippen molar-refractivity contribution in [2.75, 3.05) is 0 Å². The molecule has 1 heterocycles. The lowest BCUT2D eigenvalue weighted by Gasteiger charge is -2.05. The number of hydrogen-bond acceptors (Lipinski definition) is 2. The van der Waals surface area contributed by atoms with Crippen molar-refractivity contribution in [2.24, 2.45) is 0 Å². The van der Waals surface area contributed by atoms with Gasteiger partial charge < -0.3 is 0 Å². The van der Waals surface area contributed by atoms with Crippen LogP contribution in [-0.4, -0.2) is 10.5 Å². The van der Waals surface area contributed by atoms with Gasteiger partial charge in [-0.3, -0.25) is 0 Å². The largest absolute Gasteiger partial charge is 0.447 e. The van der Waals surface area contributed by atoms with Crippen molar-refractivity contribution >= 4 is 34.4 Å². The summed E-state index contributed by atoms with van der Waals surface area (Å²) in [5.74, 6) is -0.910. The highest BCUT2D eigenvalue weighted by Crippen LogP contribution is 2.37. The third-order valence-electron chi connectivity index (χ3n) is 0.992. The van der Waals surface area contributed by atoms with Crippen molar-refractivity contribution in [1.82, 2.24) is 4.98 Å². The molecular formula is C6H2F4INS. The van der Waals surface area contributed by atoms with E-state index in [0.29, 0.717) is 0 Å². The first-order valence-electron chi connectivity index (χ1n) is 2.96. The molecule has 0 spiro atoms. The quantitative estimate of drug-likeness (QED) is 0.340. The van der Waals surface area contributed by atoms with Crippen LogP contribution < -0.4 is 0 Å². The van der Waals surface area contributed by atoms with E-state index < -0.39 is 23.2 Å². The molecule has 0 aliphatic heterocycles. The zero-order chi connectivity index (χ0) is 10.1. The van der Waals surface area contributed by atoms with Crippen LogP contribution in [0.25, 0.3) is 0 Å². The van der Waals surface area contributed by atoms with Crippen molar-refractivity contribution < 1.29 is 17.6 Å². The molecule has 1 nitrogen and oxygen atoms in total. The average Bonchev–Trinajstić information content (AvgIpc) is 1.94. The molecule has 0 N–H and O–H groups in total. The van der Waals surface area contributed by atoms with Gasteiger partial charge in [-0.2, -0.15) is 17.6 Å². The van der Waals surface area contributed by atoms with Gasteiger partial charge >= 0.3 is 5.51 Å². The number of halogens is 5. The Labute approximate surface area is 89.1 Å². The Balaban J connectivity index is 2.94. The van der Waals surface area contributed by atoms with Gasteiger partial charge in [-0.15, -0.1) is 0 Å². The summed E-state index contributed by atoms with van der Waals surface area (Å²) in [5.41, 5.74) is -4.43. The third kappa shape index (κ3) is 3.67. The van der Waals surface area contributed by atoms with Crippen molar-refractivity contribution in [3.05, 3.63) is 21.7 Å². The second kappa shape index (κ2) is 3.99. The number of thioether (sulfide) groups is 1. The summed E-state index contributed by atoms with van der Waals surface area (Å²) in [4.78, 5) is 3.13. The van der Waals surface area contributed by atoms with Crippen molar-refractivity contribution in [1.29, 1.82) is 0 Å². The van der Waals surface area contributed by atoms with Gasteiger partial charge in [-0.25, -0.2) is 4.98 Å². The zero-order valence-corrected chi connectivity index (χ0v) is 8.87. The van der Waals surface area contributed by atoms with Crippen LogP contribution in [0.3, 0.4) is 0 Å². The maximum atomic E-state index is 12.4.